The molecule has 1 saturated heterocycles. The van der Waals surface area contributed by atoms with Crippen LogP contribution >= 0.6 is 7.82 Å². The average molecular weight is 184 g/mol. The Kier molecular flexibility index (Phi) is 2.61. The molecule has 0 saturated carbocycles. The largest absolute Gasteiger partial charge is 0.471 e. The maximum absolute atomic E-state index is 10.3. The Balaban J connectivity index is 2.43. The fourth-order valence-corrected chi connectivity index (χ4v) is 1.14. The molecule has 7 nitrogen and oxygen atoms in total. The number of hydroxylamine groups is 1. The van der Waals surface area contributed by atoms with Crippen molar-refractivity contribution in [3.63, 3.8) is 0 Å². The van der Waals surface area contributed by atoms with E-state index in [9.17, 15) is 4.57 Å². The highest BCUT2D eigenvalue weighted by atomic mass is 31.2. The van der Waals surface area contributed by atoms with Gasteiger partial charge in [0.1, 0.15) is 0 Å². The SMILES string of the molecule is N[C@@H]1CONC1OP(=O)(O)O. The van der Waals surface area contributed by atoms with E-state index < -0.39 is 20.1 Å². The van der Waals surface area contributed by atoms with E-state index in [0.717, 1.165) is 0 Å². The van der Waals surface area contributed by atoms with E-state index in [1.807, 2.05) is 0 Å². The molecule has 8 heteroatoms. The smallest absolute Gasteiger partial charge is 0.322 e. The molecule has 0 aromatic rings. The van der Waals surface area contributed by atoms with Crippen LogP contribution in [0.2, 0.25) is 0 Å². The third-order valence-electron chi connectivity index (χ3n) is 1.12. The molecule has 66 valence electrons. The molecule has 0 bridgehead atoms. The lowest BCUT2D eigenvalue weighted by atomic mass is 10.3. The first kappa shape index (κ1) is 9.08. The van der Waals surface area contributed by atoms with Gasteiger partial charge in [0.05, 0.1) is 12.6 Å². The summed E-state index contributed by atoms with van der Waals surface area (Å²) in [5.41, 5.74) is 7.55. The molecule has 2 atom stereocenters. The van der Waals surface area contributed by atoms with Crippen LogP contribution in [0.1, 0.15) is 0 Å². The van der Waals surface area contributed by atoms with Crippen LogP contribution in [0.5, 0.6) is 0 Å². The van der Waals surface area contributed by atoms with Crippen LogP contribution < -0.4 is 11.2 Å². The number of hydrogen-bond acceptors (Lipinski definition) is 5. The molecule has 0 aromatic heterocycles. The monoisotopic (exact) mass is 184 g/mol. The van der Waals surface area contributed by atoms with Gasteiger partial charge in [-0.05, 0) is 0 Å². The van der Waals surface area contributed by atoms with Gasteiger partial charge in [0.25, 0.3) is 0 Å². The Morgan fingerprint density at radius 3 is 2.73 bits per heavy atom. The van der Waals surface area contributed by atoms with Gasteiger partial charge in [-0.3, -0.25) is 9.36 Å². The molecule has 0 radical (unpaired) electrons. The van der Waals surface area contributed by atoms with Crippen LogP contribution in [-0.2, 0) is 13.9 Å². The van der Waals surface area contributed by atoms with Crippen molar-refractivity contribution in [1.29, 1.82) is 0 Å². The molecule has 0 spiro atoms. The Labute approximate surface area is 62.7 Å². The summed E-state index contributed by atoms with van der Waals surface area (Å²) in [5, 5.41) is 0. The molecule has 1 aliphatic heterocycles. The zero-order chi connectivity index (χ0) is 8.48. The molecule has 1 heterocycles. The zero-order valence-electron chi connectivity index (χ0n) is 5.51. The summed E-state index contributed by atoms with van der Waals surface area (Å²) in [6.07, 6.45) is -0.934. The summed E-state index contributed by atoms with van der Waals surface area (Å²) in [4.78, 5) is 21.2. The molecule has 1 rings (SSSR count). The van der Waals surface area contributed by atoms with Crippen molar-refractivity contribution in [2.75, 3.05) is 6.61 Å². The van der Waals surface area contributed by atoms with Crippen LogP contribution in [0.4, 0.5) is 0 Å². The summed E-state index contributed by atoms with van der Waals surface area (Å²) in [6.45, 7) is 0.171. The van der Waals surface area contributed by atoms with Crippen molar-refractivity contribution in [3.05, 3.63) is 0 Å². The third-order valence-corrected chi connectivity index (χ3v) is 1.62. The highest BCUT2D eigenvalue weighted by molar-refractivity contribution is 7.46. The standard InChI is InChI=1S/C3H9N2O5P/c4-2-1-9-5-3(2)10-11(6,7)8/h2-3,5H,1,4H2,(H2,6,7,8)/t2-,3?/m1/s1. The van der Waals surface area contributed by atoms with E-state index in [2.05, 4.69) is 14.8 Å². The minimum Gasteiger partial charge on any atom is -0.322 e. The summed E-state index contributed by atoms with van der Waals surface area (Å²) in [5.74, 6) is 0. The van der Waals surface area contributed by atoms with Crippen molar-refractivity contribution in [1.82, 2.24) is 5.48 Å². The summed E-state index contributed by atoms with van der Waals surface area (Å²) in [7, 11) is -4.47. The first-order chi connectivity index (χ1) is 4.99. The number of hydrogen-bond donors (Lipinski definition) is 4. The molecule has 11 heavy (non-hydrogen) atoms. The Hall–Kier alpha value is -0.0100. The number of nitrogens with two attached hydrogens (primary N) is 1. The van der Waals surface area contributed by atoms with Crippen LogP contribution in [0.15, 0.2) is 0 Å². The van der Waals surface area contributed by atoms with Gasteiger partial charge in [-0.15, -0.1) is 0 Å². The fourth-order valence-electron chi connectivity index (χ4n) is 0.649. The second-order valence-electron chi connectivity index (χ2n) is 2.11. The number of nitrogens with one attached hydrogen (secondary N) is 1. The second-order valence-corrected chi connectivity index (χ2v) is 3.30. The van der Waals surface area contributed by atoms with E-state index >= 15 is 0 Å². The van der Waals surface area contributed by atoms with Crippen molar-refractivity contribution >= 4 is 7.82 Å². The first-order valence-electron chi connectivity index (χ1n) is 2.86. The maximum atomic E-state index is 10.3. The van der Waals surface area contributed by atoms with E-state index in [1.54, 1.807) is 0 Å². The molecule has 1 unspecified atom stereocenters. The molecular formula is C3H9N2O5P. The molecular weight excluding hydrogens is 175 g/mol. The molecule has 0 aliphatic carbocycles. The van der Waals surface area contributed by atoms with E-state index in [1.165, 1.54) is 0 Å². The highest BCUT2D eigenvalue weighted by Crippen LogP contribution is 2.37. The number of phosphoric acid groups is 1. The minimum absolute atomic E-state index is 0.171. The van der Waals surface area contributed by atoms with Gasteiger partial charge in [-0.1, -0.05) is 0 Å². The Morgan fingerprint density at radius 1 is 1.73 bits per heavy atom. The number of rotatable bonds is 2. The predicted octanol–water partition coefficient (Wildman–Crippen LogP) is -1.72. The molecule has 0 aromatic carbocycles. The van der Waals surface area contributed by atoms with Crippen molar-refractivity contribution < 1.29 is 23.7 Å². The van der Waals surface area contributed by atoms with Crippen molar-refractivity contribution in [2.24, 2.45) is 5.73 Å². The lowest BCUT2D eigenvalue weighted by molar-refractivity contribution is 0.0218. The average Bonchev–Trinajstić information content (AvgIpc) is 2.12. The van der Waals surface area contributed by atoms with Gasteiger partial charge in [-0.25, -0.2) is 4.57 Å². The van der Waals surface area contributed by atoms with Gasteiger partial charge in [0.2, 0.25) is 0 Å². The number of phosphoric ester groups is 1. The maximum Gasteiger partial charge on any atom is 0.471 e. The summed E-state index contributed by atoms with van der Waals surface area (Å²) < 4.78 is 14.5. The van der Waals surface area contributed by atoms with Gasteiger partial charge < -0.3 is 15.5 Å². The Bertz CT molecular complexity index is 181. The lowest BCUT2D eigenvalue weighted by Gasteiger charge is -2.13. The molecule has 1 fully saturated rings. The quantitative estimate of drug-likeness (QED) is 0.377. The zero-order valence-corrected chi connectivity index (χ0v) is 6.40. The first-order valence-corrected chi connectivity index (χ1v) is 4.39. The minimum atomic E-state index is -4.47. The van der Waals surface area contributed by atoms with E-state index in [4.69, 9.17) is 15.5 Å². The highest BCUT2D eigenvalue weighted by Gasteiger charge is 2.31. The summed E-state index contributed by atoms with van der Waals surface area (Å²) in [6, 6.07) is -0.553. The second kappa shape index (κ2) is 3.16. The van der Waals surface area contributed by atoms with E-state index in [0.29, 0.717) is 0 Å². The molecule has 0 amide bonds. The van der Waals surface area contributed by atoms with Crippen LogP contribution in [0.3, 0.4) is 0 Å². The van der Waals surface area contributed by atoms with Gasteiger partial charge in [0, 0.05) is 0 Å². The topological polar surface area (TPSA) is 114 Å². The predicted molar refractivity (Wildman–Crippen MR) is 34.0 cm³/mol. The molecule has 5 N–H and O–H groups in total. The van der Waals surface area contributed by atoms with Crippen LogP contribution in [0.25, 0.3) is 0 Å². The van der Waals surface area contributed by atoms with Crippen LogP contribution in [0, 0.1) is 0 Å². The molecule has 1 aliphatic rings. The normalized spacial score (nSPS) is 32.6. The lowest BCUT2D eigenvalue weighted by Crippen LogP contribution is -2.38. The van der Waals surface area contributed by atoms with E-state index in [-0.39, 0.29) is 6.61 Å². The van der Waals surface area contributed by atoms with Crippen LogP contribution in [-0.4, -0.2) is 28.7 Å². The van der Waals surface area contributed by atoms with Crippen molar-refractivity contribution in [2.45, 2.75) is 12.3 Å². The van der Waals surface area contributed by atoms with Gasteiger partial charge in [0.15, 0.2) is 6.23 Å². The van der Waals surface area contributed by atoms with Gasteiger partial charge >= 0.3 is 7.82 Å². The fraction of sp³-hybridized carbons (Fsp3) is 1.00. The Morgan fingerprint density at radius 2 is 2.36 bits per heavy atom. The third kappa shape index (κ3) is 2.84. The summed E-state index contributed by atoms with van der Waals surface area (Å²) >= 11 is 0. The van der Waals surface area contributed by atoms with Crippen molar-refractivity contribution in [3.8, 4) is 0 Å². The van der Waals surface area contributed by atoms with Gasteiger partial charge in [-0.2, -0.15) is 5.48 Å².